The van der Waals surface area contributed by atoms with E-state index in [-0.39, 0.29) is 17.5 Å². The zero-order chi connectivity index (χ0) is 21.0. The molecule has 0 spiro atoms. The number of aryl methyl sites for hydroxylation is 2. The van der Waals surface area contributed by atoms with E-state index in [9.17, 15) is 14.4 Å². The SMILES string of the molecule is CCOC(=O)CCCNCCn1c2nc(=O)[nH]c(=O)c-2nc2cc(C)c(C)cc21. The fraction of sp³-hybridized carbons (Fsp3) is 0.450. The molecule has 0 aliphatic carbocycles. The van der Waals surface area contributed by atoms with Gasteiger partial charge in [0.25, 0.3) is 5.56 Å². The van der Waals surface area contributed by atoms with E-state index in [0.717, 1.165) is 16.6 Å². The summed E-state index contributed by atoms with van der Waals surface area (Å²) in [6.07, 6.45) is 1.03. The first kappa shape index (κ1) is 20.7. The molecule has 0 aromatic heterocycles. The lowest BCUT2D eigenvalue weighted by atomic mass is 10.1. The highest BCUT2D eigenvalue weighted by Gasteiger charge is 2.19. The Morgan fingerprint density at radius 2 is 1.93 bits per heavy atom. The summed E-state index contributed by atoms with van der Waals surface area (Å²) in [4.78, 5) is 46.0. The van der Waals surface area contributed by atoms with E-state index in [4.69, 9.17) is 4.74 Å². The lowest BCUT2D eigenvalue weighted by molar-refractivity contribution is -0.143. The summed E-state index contributed by atoms with van der Waals surface area (Å²) in [6.45, 7) is 7.88. The predicted octanol–water partition coefficient (Wildman–Crippen LogP) is 1.13. The number of rotatable bonds is 8. The Kier molecular flexibility index (Phi) is 6.38. The molecule has 2 aliphatic heterocycles. The summed E-state index contributed by atoms with van der Waals surface area (Å²) < 4.78 is 6.76. The number of ether oxygens (including phenoxy) is 1. The molecule has 1 aromatic carbocycles. The molecule has 0 radical (unpaired) electrons. The monoisotopic (exact) mass is 399 g/mol. The van der Waals surface area contributed by atoms with Gasteiger partial charge in [-0.1, -0.05) is 0 Å². The van der Waals surface area contributed by atoms with Crippen LogP contribution in [-0.4, -0.2) is 45.2 Å². The molecule has 2 aliphatic rings. The topological polar surface area (TPSA) is 119 Å². The van der Waals surface area contributed by atoms with Gasteiger partial charge in [-0.3, -0.25) is 14.6 Å². The number of H-pyrrole nitrogens is 1. The summed E-state index contributed by atoms with van der Waals surface area (Å²) in [6, 6.07) is 3.92. The Labute approximate surface area is 167 Å². The van der Waals surface area contributed by atoms with Crippen LogP contribution >= 0.6 is 0 Å². The zero-order valence-electron chi connectivity index (χ0n) is 16.9. The molecule has 2 N–H and O–H groups in total. The third-order valence-corrected chi connectivity index (χ3v) is 4.78. The molecular weight excluding hydrogens is 374 g/mol. The number of benzene rings is 1. The first-order valence-corrected chi connectivity index (χ1v) is 9.69. The van der Waals surface area contributed by atoms with Gasteiger partial charge in [-0.15, -0.1) is 0 Å². The van der Waals surface area contributed by atoms with Crippen molar-refractivity contribution < 1.29 is 9.53 Å². The van der Waals surface area contributed by atoms with Gasteiger partial charge in [0.05, 0.1) is 17.6 Å². The number of esters is 1. The van der Waals surface area contributed by atoms with Crippen LogP contribution in [0.15, 0.2) is 21.7 Å². The van der Waals surface area contributed by atoms with Crippen LogP contribution in [0.2, 0.25) is 0 Å². The van der Waals surface area contributed by atoms with E-state index in [1.807, 2.05) is 30.5 Å². The smallest absolute Gasteiger partial charge is 0.349 e. The molecule has 9 nitrogen and oxygen atoms in total. The first-order chi connectivity index (χ1) is 13.9. The third kappa shape index (κ3) is 4.68. The minimum absolute atomic E-state index is 0.141. The molecule has 0 saturated heterocycles. The fourth-order valence-electron chi connectivity index (χ4n) is 3.18. The first-order valence-electron chi connectivity index (χ1n) is 9.69. The van der Waals surface area contributed by atoms with Crippen molar-refractivity contribution in [2.24, 2.45) is 0 Å². The van der Waals surface area contributed by atoms with E-state index in [1.165, 1.54) is 0 Å². The normalized spacial score (nSPS) is 11.3. The molecule has 0 amide bonds. The van der Waals surface area contributed by atoms with Crippen LogP contribution in [0.5, 0.6) is 0 Å². The maximum Gasteiger partial charge on any atom is 0.349 e. The van der Waals surface area contributed by atoms with Gasteiger partial charge in [0.15, 0.2) is 11.5 Å². The molecule has 154 valence electrons. The van der Waals surface area contributed by atoms with Gasteiger partial charge in [0.2, 0.25) is 0 Å². The molecule has 1 aromatic rings. The van der Waals surface area contributed by atoms with Gasteiger partial charge >= 0.3 is 11.7 Å². The van der Waals surface area contributed by atoms with Crippen LogP contribution in [-0.2, 0) is 16.1 Å². The highest BCUT2D eigenvalue weighted by molar-refractivity contribution is 5.81. The summed E-state index contributed by atoms with van der Waals surface area (Å²) in [5.41, 5.74) is 2.54. The van der Waals surface area contributed by atoms with Crippen molar-refractivity contribution in [3.05, 3.63) is 44.1 Å². The minimum atomic E-state index is -0.691. The predicted molar refractivity (Wildman–Crippen MR) is 109 cm³/mol. The fourth-order valence-corrected chi connectivity index (χ4v) is 3.18. The summed E-state index contributed by atoms with van der Waals surface area (Å²) in [5.74, 6) is 0.0647. The van der Waals surface area contributed by atoms with Crippen LogP contribution in [0.3, 0.4) is 0 Å². The maximum absolute atomic E-state index is 12.2. The van der Waals surface area contributed by atoms with Gasteiger partial charge in [-0.2, -0.15) is 4.98 Å². The van der Waals surface area contributed by atoms with Crippen molar-refractivity contribution in [3.8, 4) is 11.5 Å². The molecule has 0 bridgehead atoms. The molecule has 3 rings (SSSR count). The Bertz CT molecular complexity index is 1120. The van der Waals surface area contributed by atoms with Crippen molar-refractivity contribution in [2.45, 2.75) is 40.2 Å². The number of hydrogen-bond donors (Lipinski definition) is 2. The number of nitrogens with zero attached hydrogens (tertiary/aromatic N) is 3. The number of aromatic amines is 1. The standard InChI is InChI=1S/C20H25N5O4/c1-4-29-16(26)6-5-7-21-8-9-25-15-11-13(3)12(2)10-14(15)22-17-18(25)23-20(28)24-19(17)27/h10-11,21H,4-9H2,1-3H3,(H,24,27,28). The van der Waals surface area contributed by atoms with Crippen LogP contribution in [0, 0.1) is 13.8 Å². The van der Waals surface area contributed by atoms with E-state index < -0.39 is 11.2 Å². The molecule has 0 fully saturated rings. The van der Waals surface area contributed by atoms with Crippen LogP contribution < -0.4 is 16.6 Å². The van der Waals surface area contributed by atoms with Crippen LogP contribution in [0.25, 0.3) is 22.6 Å². The van der Waals surface area contributed by atoms with E-state index >= 15 is 0 Å². The molecule has 0 saturated carbocycles. The summed E-state index contributed by atoms with van der Waals surface area (Å²) >= 11 is 0. The molecular formula is C20H25N5O4. The number of nitrogens with one attached hydrogen (secondary N) is 2. The average Bonchev–Trinajstić information content (AvgIpc) is 2.66. The summed E-state index contributed by atoms with van der Waals surface area (Å²) in [5, 5.41) is 3.28. The van der Waals surface area contributed by atoms with Crippen LogP contribution in [0.1, 0.15) is 30.9 Å². The molecule has 9 heteroatoms. The lowest BCUT2D eigenvalue weighted by Gasteiger charge is -2.18. The molecule has 2 heterocycles. The lowest BCUT2D eigenvalue weighted by Crippen LogP contribution is -2.30. The zero-order valence-corrected chi connectivity index (χ0v) is 16.9. The summed E-state index contributed by atoms with van der Waals surface area (Å²) in [7, 11) is 0. The van der Waals surface area contributed by atoms with Gasteiger partial charge in [0, 0.05) is 19.5 Å². The minimum Gasteiger partial charge on any atom is -0.466 e. The molecule has 0 unspecified atom stereocenters. The Balaban J connectivity index is 1.85. The molecule has 29 heavy (non-hydrogen) atoms. The third-order valence-electron chi connectivity index (χ3n) is 4.78. The number of fused-ring (bicyclic) bond motifs is 2. The van der Waals surface area contributed by atoms with Crippen molar-refractivity contribution in [2.75, 3.05) is 19.7 Å². The van der Waals surface area contributed by atoms with Gasteiger partial charge < -0.3 is 14.6 Å². The van der Waals surface area contributed by atoms with Gasteiger partial charge in [0.1, 0.15) is 0 Å². The molecule has 0 atom stereocenters. The number of aromatic nitrogens is 4. The largest absolute Gasteiger partial charge is 0.466 e. The van der Waals surface area contributed by atoms with Gasteiger partial charge in [-0.05, 0) is 57.0 Å². The Morgan fingerprint density at radius 3 is 2.69 bits per heavy atom. The quantitative estimate of drug-likeness (QED) is 0.331. The van der Waals surface area contributed by atoms with Crippen molar-refractivity contribution >= 4 is 17.0 Å². The Morgan fingerprint density at radius 1 is 1.17 bits per heavy atom. The second-order valence-corrected chi connectivity index (χ2v) is 6.89. The second kappa shape index (κ2) is 8.95. The average molecular weight is 399 g/mol. The van der Waals surface area contributed by atoms with E-state index in [0.29, 0.717) is 44.6 Å². The van der Waals surface area contributed by atoms with Gasteiger partial charge in [-0.25, -0.2) is 9.78 Å². The van der Waals surface area contributed by atoms with E-state index in [2.05, 4.69) is 20.3 Å². The van der Waals surface area contributed by atoms with Crippen LogP contribution in [0.4, 0.5) is 0 Å². The number of carbonyl (C=O) groups is 1. The van der Waals surface area contributed by atoms with Crippen molar-refractivity contribution in [3.63, 3.8) is 0 Å². The number of hydrogen-bond acceptors (Lipinski definition) is 7. The van der Waals surface area contributed by atoms with Crippen molar-refractivity contribution in [1.82, 2.24) is 24.8 Å². The van der Waals surface area contributed by atoms with E-state index in [1.54, 1.807) is 6.92 Å². The Hall–Kier alpha value is -3.07. The highest BCUT2D eigenvalue weighted by Crippen LogP contribution is 2.23. The second-order valence-electron chi connectivity index (χ2n) is 6.89. The maximum atomic E-state index is 12.2. The highest BCUT2D eigenvalue weighted by atomic mass is 16.5. The van der Waals surface area contributed by atoms with Crippen molar-refractivity contribution in [1.29, 1.82) is 0 Å². The number of carbonyl (C=O) groups excluding carboxylic acids is 1.